The van der Waals surface area contributed by atoms with Gasteiger partial charge in [0.2, 0.25) is 0 Å². The van der Waals surface area contributed by atoms with Gasteiger partial charge in [-0.05, 0) is 17.7 Å². The smallest absolute Gasteiger partial charge is 0.396 e. The number of nitrogens with zero attached hydrogens (tertiary/aromatic N) is 4. The first-order chi connectivity index (χ1) is 11.8. The van der Waals surface area contributed by atoms with Gasteiger partial charge < -0.3 is 15.6 Å². The number of fused-ring (bicyclic) bond motifs is 1. The molecule has 10 heteroatoms. The van der Waals surface area contributed by atoms with Crippen molar-refractivity contribution in [3.63, 3.8) is 0 Å². The molecule has 3 aromatic rings. The maximum Gasteiger partial charge on any atom is 0.433 e. The quantitative estimate of drug-likeness (QED) is 0.752. The number of nitrogens with two attached hydrogens (primary N) is 1. The molecule has 0 atom stereocenters. The molecular formula is C15H13F3N6O. The van der Waals surface area contributed by atoms with Gasteiger partial charge in [0.05, 0.1) is 5.69 Å². The molecule has 3 N–H and O–H groups in total. The molecule has 7 nitrogen and oxygen atoms in total. The average Bonchev–Trinajstić information content (AvgIpc) is 2.87. The summed E-state index contributed by atoms with van der Waals surface area (Å²) < 4.78 is 39.6. The maximum atomic E-state index is 12.7. The van der Waals surface area contributed by atoms with Crippen LogP contribution in [0.4, 0.5) is 18.9 Å². The molecule has 0 bridgehead atoms. The number of aryl methyl sites for hydroxylation is 1. The van der Waals surface area contributed by atoms with E-state index in [9.17, 15) is 18.0 Å². The second kappa shape index (κ2) is 6.04. The minimum Gasteiger partial charge on any atom is -0.396 e. The summed E-state index contributed by atoms with van der Waals surface area (Å²) in [5.41, 5.74) is 6.44. The minimum atomic E-state index is -4.54. The number of carbonyl (C=O) groups excluding carboxylic acids is 1. The number of carbonyl (C=O) groups is 1. The van der Waals surface area contributed by atoms with Crippen LogP contribution in [-0.2, 0) is 19.8 Å². The molecule has 0 aromatic carbocycles. The topological polar surface area (TPSA) is 98.7 Å². The monoisotopic (exact) mass is 350 g/mol. The fourth-order valence-corrected chi connectivity index (χ4v) is 2.43. The summed E-state index contributed by atoms with van der Waals surface area (Å²) in [6, 6.07) is 2.28. The molecule has 1 amide bonds. The van der Waals surface area contributed by atoms with Crippen LogP contribution in [0.5, 0.6) is 0 Å². The number of nitrogens with one attached hydrogen (secondary N) is 1. The molecule has 0 aliphatic heterocycles. The number of pyridine rings is 1. The lowest BCUT2D eigenvalue weighted by atomic mass is 10.2. The number of nitrogen functional groups attached to an aromatic ring is 1. The van der Waals surface area contributed by atoms with E-state index >= 15 is 0 Å². The van der Waals surface area contributed by atoms with E-state index in [1.54, 1.807) is 17.8 Å². The van der Waals surface area contributed by atoms with Gasteiger partial charge in [0.15, 0.2) is 5.69 Å². The minimum absolute atomic E-state index is 0.0919. The van der Waals surface area contributed by atoms with Crippen LogP contribution < -0.4 is 11.1 Å². The van der Waals surface area contributed by atoms with Crippen molar-refractivity contribution < 1.29 is 18.0 Å². The van der Waals surface area contributed by atoms with Crippen LogP contribution >= 0.6 is 0 Å². The Bertz CT molecular complexity index is 950. The zero-order valence-electron chi connectivity index (χ0n) is 13.0. The standard InChI is InChI=1S/C15H13F3N6O/c1-24-6-9(19)11-13(24)12(23-7-22-11)14(25)21-5-8-2-3-20-10(4-8)15(16,17)18/h2-4,6-7H,5,19H2,1H3,(H,21,25). The number of amides is 1. The fourth-order valence-electron chi connectivity index (χ4n) is 2.43. The number of alkyl halides is 3. The van der Waals surface area contributed by atoms with Crippen LogP contribution in [0.3, 0.4) is 0 Å². The predicted molar refractivity (Wildman–Crippen MR) is 83.3 cm³/mol. The zero-order valence-corrected chi connectivity index (χ0v) is 13.0. The van der Waals surface area contributed by atoms with Crippen molar-refractivity contribution in [2.45, 2.75) is 12.7 Å². The third-order valence-electron chi connectivity index (χ3n) is 3.56. The summed E-state index contributed by atoms with van der Waals surface area (Å²) in [6.07, 6.45) is -0.680. The van der Waals surface area contributed by atoms with E-state index in [1.165, 1.54) is 12.4 Å². The lowest BCUT2D eigenvalue weighted by molar-refractivity contribution is -0.141. The lowest BCUT2D eigenvalue weighted by Crippen LogP contribution is -2.25. The Morgan fingerprint density at radius 3 is 2.80 bits per heavy atom. The third kappa shape index (κ3) is 3.23. The van der Waals surface area contributed by atoms with Gasteiger partial charge in [-0.3, -0.25) is 9.78 Å². The SMILES string of the molecule is Cn1cc(N)c2ncnc(C(=O)NCc3ccnc(C(F)(F)F)c3)c21. The molecule has 3 rings (SSSR count). The van der Waals surface area contributed by atoms with Gasteiger partial charge in [0, 0.05) is 26.0 Å². The number of hydrogen-bond donors (Lipinski definition) is 2. The molecule has 0 radical (unpaired) electrons. The molecule has 25 heavy (non-hydrogen) atoms. The van der Waals surface area contributed by atoms with Crippen molar-refractivity contribution in [2.75, 3.05) is 5.73 Å². The fraction of sp³-hybridized carbons (Fsp3) is 0.200. The normalized spacial score (nSPS) is 11.7. The Labute approximate surface area is 139 Å². The van der Waals surface area contributed by atoms with Gasteiger partial charge in [-0.25, -0.2) is 9.97 Å². The molecule has 0 spiro atoms. The van der Waals surface area contributed by atoms with Crippen molar-refractivity contribution in [2.24, 2.45) is 7.05 Å². The van der Waals surface area contributed by atoms with Gasteiger partial charge >= 0.3 is 6.18 Å². The average molecular weight is 350 g/mol. The first-order valence-electron chi connectivity index (χ1n) is 7.13. The van der Waals surface area contributed by atoms with E-state index in [2.05, 4.69) is 20.3 Å². The van der Waals surface area contributed by atoms with Crippen LogP contribution in [0.25, 0.3) is 11.0 Å². The summed E-state index contributed by atoms with van der Waals surface area (Å²) in [5.74, 6) is -0.543. The second-order valence-corrected chi connectivity index (χ2v) is 5.34. The van der Waals surface area contributed by atoms with Crippen molar-refractivity contribution in [1.29, 1.82) is 0 Å². The number of hydrogen-bond acceptors (Lipinski definition) is 5. The highest BCUT2D eigenvalue weighted by atomic mass is 19.4. The first-order valence-corrected chi connectivity index (χ1v) is 7.13. The number of rotatable bonds is 3. The molecule has 3 heterocycles. The van der Waals surface area contributed by atoms with Gasteiger partial charge in [-0.1, -0.05) is 0 Å². The molecule has 0 saturated heterocycles. The summed E-state index contributed by atoms with van der Waals surface area (Å²) >= 11 is 0. The second-order valence-electron chi connectivity index (χ2n) is 5.34. The first kappa shape index (κ1) is 16.7. The van der Waals surface area contributed by atoms with E-state index in [0.29, 0.717) is 16.7 Å². The third-order valence-corrected chi connectivity index (χ3v) is 3.56. The lowest BCUT2D eigenvalue weighted by Gasteiger charge is -2.09. The van der Waals surface area contributed by atoms with E-state index in [-0.39, 0.29) is 17.8 Å². The zero-order chi connectivity index (χ0) is 18.2. The van der Waals surface area contributed by atoms with Gasteiger partial charge in [0.25, 0.3) is 5.91 Å². The van der Waals surface area contributed by atoms with E-state index in [4.69, 9.17) is 5.73 Å². The molecule has 0 saturated carbocycles. The highest BCUT2D eigenvalue weighted by Crippen LogP contribution is 2.27. The molecular weight excluding hydrogens is 337 g/mol. The largest absolute Gasteiger partial charge is 0.433 e. The number of halogens is 3. The molecule has 0 unspecified atom stereocenters. The van der Waals surface area contributed by atoms with Gasteiger partial charge in [0.1, 0.15) is 23.1 Å². The molecule has 0 aliphatic rings. The number of aromatic nitrogens is 4. The number of anilines is 1. The van der Waals surface area contributed by atoms with Gasteiger partial charge in [-0.15, -0.1) is 0 Å². The highest BCUT2D eigenvalue weighted by molar-refractivity contribution is 6.05. The predicted octanol–water partition coefficient (Wildman–Crippen LogP) is 1.89. The Morgan fingerprint density at radius 2 is 2.08 bits per heavy atom. The van der Waals surface area contributed by atoms with Gasteiger partial charge in [-0.2, -0.15) is 13.2 Å². The Balaban J connectivity index is 1.82. The molecule has 0 aliphatic carbocycles. The van der Waals surface area contributed by atoms with Crippen LogP contribution in [0.1, 0.15) is 21.7 Å². The Kier molecular flexibility index (Phi) is 4.03. The summed E-state index contributed by atoms with van der Waals surface area (Å²) in [7, 11) is 1.69. The summed E-state index contributed by atoms with van der Waals surface area (Å²) in [5, 5.41) is 2.54. The van der Waals surface area contributed by atoms with Crippen molar-refractivity contribution >= 4 is 22.6 Å². The Hall–Kier alpha value is -3.17. The maximum absolute atomic E-state index is 12.7. The van der Waals surface area contributed by atoms with E-state index in [1.807, 2.05) is 0 Å². The van der Waals surface area contributed by atoms with E-state index < -0.39 is 17.8 Å². The van der Waals surface area contributed by atoms with Crippen molar-refractivity contribution in [3.05, 3.63) is 47.8 Å². The molecule has 3 aromatic heterocycles. The van der Waals surface area contributed by atoms with Crippen LogP contribution in [-0.4, -0.2) is 25.4 Å². The summed E-state index contributed by atoms with van der Waals surface area (Å²) in [6.45, 7) is -0.101. The van der Waals surface area contributed by atoms with Crippen LogP contribution in [0.2, 0.25) is 0 Å². The molecule has 130 valence electrons. The highest BCUT2D eigenvalue weighted by Gasteiger charge is 2.32. The Morgan fingerprint density at radius 1 is 1.32 bits per heavy atom. The summed E-state index contributed by atoms with van der Waals surface area (Å²) in [4.78, 5) is 23.6. The van der Waals surface area contributed by atoms with Crippen LogP contribution in [0.15, 0.2) is 30.9 Å². The van der Waals surface area contributed by atoms with Crippen molar-refractivity contribution in [1.82, 2.24) is 24.8 Å². The molecule has 0 fully saturated rings. The van der Waals surface area contributed by atoms with Crippen LogP contribution in [0, 0.1) is 0 Å². The van der Waals surface area contributed by atoms with E-state index in [0.717, 1.165) is 12.3 Å². The van der Waals surface area contributed by atoms with Crippen molar-refractivity contribution in [3.8, 4) is 0 Å².